The molecule has 0 aliphatic heterocycles. The zero-order chi connectivity index (χ0) is 10.7. The van der Waals surface area contributed by atoms with Crippen molar-refractivity contribution in [2.75, 3.05) is 14.2 Å². The van der Waals surface area contributed by atoms with Gasteiger partial charge in [-0.1, -0.05) is 5.92 Å². The molecular weight excluding hydrogens is 190 g/mol. The number of hydrogen-bond donors (Lipinski definition) is 0. The number of terminal acetylenes is 1. The molecule has 1 aromatic carbocycles. The Morgan fingerprint density at radius 1 is 1.14 bits per heavy atom. The number of benzene rings is 1. The Hall–Kier alpha value is -1.76. The lowest BCUT2D eigenvalue weighted by atomic mass is 10.2. The fraction of sp³-hybridized carbons (Fsp3) is 0.200. The molecule has 0 spiro atoms. The molecule has 0 heterocycles. The van der Waals surface area contributed by atoms with Crippen molar-refractivity contribution in [3.63, 3.8) is 0 Å². The number of ether oxygens (including phenoxy) is 2. The van der Waals surface area contributed by atoms with E-state index in [2.05, 4.69) is 9.47 Å². The van der Waals surface area contributed by atoms with Gasteiger partial charge in [-0.3, -0.25) is 0 Å². The summed E-state index contributed by atoms with van der Waals surface area (Å²) in [6, 6.07) is 1.10. The van der Waals surface area contributed by atoms with Crippen molar-refractivity contribution in [2.24, 2.45) is 0 Å². The van der Waals surface area contributed by atoms with Crippen molar-refractivity contribution in [1.82, 2.24) is 0 Å². The second-order valence-electron chi connectivity index (χ2n) is 2.43. The first-order chi connectivity index (χ1) is 6.65. The summed E-state index contributed by atoms with van der Waals surface area (Å²) < 4.78 is 35.9. The molecule has 0 aliphatic carbocycles. The van der Waals surface area contributed by atoms with Gasteiger partial charge in [0.05, 0.1) is 14.2 Å². The number of hydrogen-bond acceptors (Lipinski definition) is 2. The molecule has 2 nitrogen and oxygen atoms in total. The minimum Gasteiger partial charge on any atom is -0.493 e. The standard InChI is InChI=1S/C10H8F2O2/c1-4-6-9(11)7(13-2)5-8(14-3)10(6)12/h1,5H,2-3H3. The van der Waals surface area contributed by atoms with Gasteiger partial charge in [0.15, 0.2) is 23.1 Å². The lowest BCUT2D eigenvalue weighted by Gasteiger charge is -2.08. The molecule has 1 aromatic rings. The van der Waals surface area contributed by atoms with Gasteiger partial charge in [-0.05, 0) is 0 Å². The van der Waals surface area contributed by atoms with Crippen LogP contribution in [0.4, 0.5) is 8.78 Å². The van der Waals surface area contributed by atoms with Gasteiger partial charge < -0.3 is 9.47 Å². The van der Waals surface area contributed by atoms with Gasteiger partial charge in [-0.15, -0.1) is 6.42 Å². The van der Waals surface area contributed by atoms with Crippen molar-refractivity contribution < 1.29 is 18.3 Å². The molecule has 14 heavy (non-hydrogen) atoms. The van der Waals surface area contributed by atoms with E-state index in [-0.39, 0.29) is 11.5 Å². The third kappa shape index (κ3) is 1.49. The number of rotatable bonds is 2. The minimum atomic E-state index is -0.895. The lowest BCUT2D eigenvalue weighted by molar-refractivity contribution is 0.357. The van der Waals surface area contributed by atoms with Gasteiger partial charge in [0.1, 0.15) is 5.56 Å². The molecule has 1 rings (SSSR count). The molecule has 74 valence electrons. The summed E-state index contributed by atoms with van der Waals surface area (Å²) in [6.07, 6.45) is 4.96. The Bertz CT molecular complexity index is 366. The van der Waals surface area contributed by atoms with E-state index < -0.39 is 17.2 Å². The van der Waals surface area contributed by atoms with Crippen LogP contribution in [-0.2, 0) is 0 Å². The van der Waals surface area contributed by atoms with Crippen LogP contribution in [0.1, 0.15) is 5.56 Å². The molecule has 0 aromatic heterocycles. The molecule has 0 bridgehead atoms. The maximum Gasteiger partial charge on any atom is 0.183 e. The Labute approximate surface area is 80.4 Å². The topological polar surface area (TPSA) is 18.5 Å². The smallest absolute Gasteiger partial charge is 0.183 e. The average Bonchev–Trinajstić information content (AvgIpc) is 2.19. The highest BCUT2D eigenvalue weighted by molar-refractivity contribution is 5.48. The summed E-state index contributed by atoms with van der Waals surface area (Å²) in [6.45, 7) is 0. The SMILES string of the molecule is C#Cc1c(F)c(OC)cc(OC)c1F. The van der Waals surface area contributed by atoms with Crippen LogP contribution in [0, 0.1) is 24.0 Å². The molecule has 0 atom stereocenters. The van der Waals surface area contributed by atoms with Crippen LogP contribution in [0.25, 0.3) is 0 Å². The summed E-state index contributed by atoms with van der Waals surface area (Å²) in [4.78, 5) is 0. The number of halogens is 2. The van der Waals surface area contributed by atoms with Crippen LogP contribution in [0.5, 0.6) is 11.5 Å². The summed E-state index contributed by atoms with van der Waals surface area (Å²) in [5, 5.41) is 0. The van der Waals surface area contributed by atoms with Crippen LogP contribution in [0.3, 0.4) is 0 Å². The van der Waals surface area contributed by atoms with Crippen LogP contribution in [0.15, 0.2) is 6.07 Å². The second kappa shape index (κ2) is 3.97. The van der Waals surface area contributed by atoms with E-state index in [4.69, 9.17) is 6.42 Å². The van der Waals surface area contributed by atoms with Gasteiger partial charge in [0.2, 0.25) is 0 Å². The molecule has 0 fully saturated rings. The molecule has 0 aliphatic rings. The molecule has 0 radical (unpaired) electrons. The fourth-order valence-corrected chi connectivity index (χ4v) is 1.01. The van der Waals surface area contributed by atoms with Gasteiger partial charge >= 0.3 is 0 Å². The van der Waals surface area contributed by atoms with Gasteiger partial charge in [-0.25, -0.2) is 8.78 Å². The molecule has 0 saturated heterocycles. The Morgan fingerprint density at radius 3 is 1.86 bits per heavy atom. The van der Waals surface area contributed by atoms with E-state index in [1.54, 1.807) is 0 Å². The van der Waals surface area contributed by atoms with Gasteiger partial charge in [-0.2, -0.15) is 0 Å². The third-order valence-electron chi connectivity index (χ3n) is 1.72. The van der Waals surface area contributed by atoms with Crippen LogP contribution >= 0.6 is 0 Å². The maximum atomic E-state index is 13.3. The lowest BCUT2D eigenvalue weighted by Crippen LogP contribution is -1.99. The van der Waals surface area contributed by atoms with Crippen molar-refractivity contribution in [3.05, 3.63) is 23.3 Å². The molecular formula is C10H8F2O2. The Balaban J connectivity index is 3.49. The third-order valence-corrected chi connectivity index (χ3v) is 1.72. The first kappa shape index (κ1) is 10.3. The largest absolute Gasteiger partial charge is 0.493 e. The summed E-state index contributed by atoms with van der Waals surface area (Å²) in [5.41, 5.74) is -0.485. The molecule has 4 heteroatoms. The van der Waals surface area contributed by atoms with Crippen molar-refractivity contribution >= 4 is 0 Å². The highest BCUT2D eigenvalue weighted by Crippen LogP contribution is 2.30. The van der Waals surface area contributed by atoms with Gasteiger partial charge in [0, 0.05) is 6.07 Å². The molecule has 0 saturated carbocycles. The molecule has 0 N–H and O–H groups in total. The second-order valence-corrected chi connectivity index (χ2v) is 2.43. The predicted octanol–water partition coefficient (Wildman–Crippen LogP) is 1.96. The highest BCUT2D eigenvalue weighted by Gasteiger charge is 2.17. The normalized spacial score (nSPS) is 9.36. The van der Waals surface area contributed by atoms with E-state index in [0.717, 1.165) is 6.07 Å². The van der Waals surface area contributed by atoms with E-state index in [1.165, 1.54) is 14.2 Å². The molecule has 0 unspecified atom stereocenters. The maximum absolute atomic E-state index is 13.3. The quantitative estimate of drug-likeness (QED) is 0.676. The van der Waals surface area contributed by atoms with E-state index in [0.29, 0.717) is 0 Å². The Morgan fingerprint density at radius 2 is 1.57 bits per heavy atom. The first-order valence-electron chi connectivity index (χ1n) is 3.72. The fourth-order valence-electron chi connectivity index (χ4n) is 1.01. The van der Waals surface area contributed by atoms with Crippen molar-refractivity contribution in [3.8, 4) is 23.8 Å². The zero-order valence-electron chi connectivity index (χ0n) is 7.73. The highest BCUT2D eigenvalue weighted by atomic mass is 19.1. The van der Waals surface area contributed by atoms with E-state index in [1.807, 2.05) is 5.92 Å². The summed E-state index contributed by atoms with van der Waals surface area (Å²) in [7, 11) is 2.52. The summed E-state index contributed by atoms with van der Waals surface area (Å²) >= 11 is 0. The van der Waals surface area contributed by atoms with Crippen molar-refractivity contribution in [2.45, 2.75) is 0 Å². The van der Waals surface area contributed by atoms with Gasteiger partial charge in [0.25, 0.3) is 0 Å². The average molecular weight is 198 g/mol. The minimum absolute atomic E-state index is 0.142. The summed E-state index contributed by atoms with van der Waals surface area (Å²) in [5.74, 6) is -0.172. The predicted molar refractivity (Wildman–Crippen MR) is 47.4 cm³/mol. The first-order valence-corrected chi connectivity index (χ1v) is 3.72. The van der Waals surface area contributed by atoms with Crippen molar-refractivity contribution in [1.29, 1.82) is 0 Å². The van der Waals surface area contributed by atoms with Crippen LogP contribution < -0.4 is 9.47 Å². The zero-order valence-corrected chi connectivity index (χ0v) is 7.73. The van der Waals surface area contributed by atoms with E-state index >= 15 is 0 Å². The Kier molecular flexibility index (Phi) is 2.92. The molecule has 0 amide bonds. The van der Waals surface area contributed by atoms with E-state index in [9.17, 15) is 8.78 Å². The van der Waals surface area contributed by atoms with Crippen LogP contribution in [-0.4, -0.2) is 14.2 Å². The number of methoxy groups -OCH3 is 2. The monoisotopic (exact) mass is 198 g/mol. The van der Waals surface area contributed by atoms with Crippen LogP contribution in [0.2, 0.25) is 0 Å².